The highest BCUT2D eigenvalue weighted by Gasteiger charge is 2.16. The molecule has 1 atom stereocenters. The molecule has 0 unspecified atom stereocenters. The van der Waals surface area contributed by atoms with Crippen LogP contribution in [0.2, 0.25) is 0 Å². The molecule has 1 aromatic carbocycles. The summed E-state index contributed by atoms with van der Waals surface area (Å²) < 4.78 is 5.54. The topological polar surface area (TPSA) is 26.3 Å². The SMILES string of the molecule is C[C@H]1Oc2ccccc2C=C1C=O. The lowest BCUT2D eigenvalue weighted by Gasteiger charge is -2.21. The van der Waals surface area contributed by atoms with Gasteiger partial charge in [0.2, 0.25) is 0 Å². The number of para-hydroxylation sites is 1. The fourth-order valence-corrected chi connectivity index (χ4v) is 1.39. The second-order valence-electron chi connectivity index (χ2n) is 3.06. The molecule has 2 nitrogen and oxygen atoms in total. The summed E-state index contributed by atoms with van der Waals surface area (Å²) in [6.07, 6.45) is 2.59. The largest absolute Gasteiger partial charge is 0.485 e. The van der Waals surface area contributed by atoms with Gasteiger partial charge in [-0.25, -0.2) is 0 Å². The Morgan fingerprint density at radius 2 is 2.15 bits per heavy atom. The molecule has 0 fully saturated rings. The number of benzene rings is 1. The second-order valence-corrected chi connectivity index (χ2v) is 3.06. The first kappa shape index (κ1) is 8.05. The maximum atomic E-state index is 10.6. The maximum Gasteiger partial charge on any atom is 0.149 e. The van der Waals surface area contributed by atoms with Crippen LogP contribution in [0.15, 0.2) is 29.8 Å². The minimum Gasteiger partial charge on any atom is -0.485 e. The average Bonchev–Trinajstić information content (AvgIpc) is 2.17. The summed E-state index contributed by atoms with van der Waals surface area (Å²) in [5, 5.41) is 0. The predicted molar refractivity (Wildman–Crippen MR) is 50.6 cm³/mol. The molecule has 2 heteroatoms. The molecule has 1 aromatic rings. The minimum absolute atomic E-state index is 0.132. The van der Waals surface area contributed by atoms with E-state index >= 15 is 0 Å². The summed E-state index contributed by atoms with van der Waals surface area (Å²) in [6, 6.07) is 7.69. The third-order valence-electron chi connectivity index (χ3n) is 2.15. The van der Waals surface area contributed by atoms with E-state index in [-0.39, 0.29) is 6.10 Å². The van der Waals surface area contributed by atoms with Crippen molar-refractivity contribution in [3.63, 3.8) is 0 Å². The molecule has 13 heavy (non-hydrogen) atoms. The Hall–Kier alpha value is -1.57. The van der Waals surface area contributed by atoms with Crippen LogP contribution in [0.4, 0.5) is 0 Å². The molecule has 1 heterocycles. The zero-order valence-electron chi connectivity index (χ0n) is 7.36. The van der Waals surface area contributed by atoms with E-state index in [1.54, 1.807) is 0 Å². The summed E-state index contributed by atoms with van der Waals surface area (Å²) >= 11 is 0. The van der Waals surface area contributed by atoms with Crippen molar-refractivity contribution in [1.82, 2.24) is 0 Å². The van der Waals surface area contributed by atoms with E-state index in [4.69, 9.17) is 4.74 Å². The van der Waals surface area contributed by atoms with Crippen molar-refractivity contribution in [3.05, 3.63) is 35.4 Å². The lowest BCUT2D eigenvalue weighted by atomic mass is 10.0. The van der Waals surface area contributed by atoms with Gasteiger partial charge in [0.15, 0.2) is 0 Å². The molecular weight excluding hydrogens is 164 g/mol. The molecule has 1 aliphatic rings. The van der Waals surface area contributed by atoms with E-state index < -0.39 is 0 Å². The minimum atomic E-state index is -0.132. The predicted octanol–water partition coefficient (Wildman–Crippen LogP) is 2.05. The van der Waals surface area contributed by atoms with Crippen molar-refractivity contribution in [2.24, 2.45) is 0 Å². The molecule has 1 aliphatic heterocycles. The second kappa shape index (κ2) is 3.05. The Labute approximate surface area is 76.8 Å². The molecule has 0 saturated heterocycles. The number of fused-ring (bicyclic) bond motifs is 1. The van der Waals surface area contributed by atoms with E-state index in [0.717, 1.165) is 17.6 Å². The van der Waals surface area contributed by atoms with E-state index in [1.165, 1.54) is 0 Å². The number of rotatable bonds is 1. The monoisotopic (exact) mass is 174 g/mol. The van der Waals surface area contributed by atoms with Gasteiger partial charge in [-0.15, -0.1) is 0 Å². The van der Waals surface area contributed by atoms with Crippen LogP contribution in [0.1, 0.15) is 12.5 Å². The Morgan fingerprint density at radius 1 is 1.38 bits per heavy atom. The lowest BCUT2D eigenvalue weighted by Crippen LogP contribution is -2.19. The van der Waals surface area contributed by atoms with E-state index in [9.17, 15) is 4.79 Å². The van der Waals surface area contributed by atoms with Gasteiger partial charge in [0.05, 0.1) is 0 Å². The number of ether oxygens (including phenoxy) is 1. The van der Waals surface area contributed by atoms with Crippen LogP contribution in [-0.2, 0) is 4.79 Å². The molecule has 0 bridgehead atoms. The van der Waals surface area contributed by atoms with Gasteiger partial charge in [0.25, 0.3) is 0 Å². The quantitative estimate of drug-likeness (QED) is 0.609. The molecular formula is C11H10O2. The molecule has 0 aliphatic carbocycles. The third kappa shape index (κ3) is 1.35. The Bertz CT molecular complexity index is 366. The highest BCUT2D eigenvalue weighted by Crippen LogP contribution is 2.28. The van der Waals surface area contributed by atoms with Crippen molar-refractivity contribution in [3.8, 4) is 5.75 Å². The highest BCUT2D eigenvalue weighted by atomic mass is 16.5. The Kier molecular flexibility index (Phi) is 1.89. The fraction of sp³-hybridized carbons (Fsp3) is 0.182. The van der Waals surface area contributed by atoms with Gasteiger partial charge in [-0.3, -0.25) is 4.79 Å². The molecule has 0 amide bonds. The molecule has 66 valence electrons. The van der Waals surface area contributed by atoms with Gasteiger partial charge >= 0.3 is 0 Å². The van der Waals surface area contributed by atoms with Crippen molar-refractivity contribution < 1.29 is 9.53 Å². The van der Waals surface area contributed by atoms with Gasteiger partial charge in [-0.1, -0.05) is 18.2 Å². The van der Waals surface area contributed by atoms with Crippen LogP contribution in [0, 0.1) is 0 Å². The van der Waals surface area contributed by atoms with Gasteiger partial charge in [-0.2, -0.15) is 0 Å². The number of carbonyl (C=O) groups is 1. The van der Waals surface area contributed by atoms with Crippen LogP contribution in [-0.4, -0.2) is 12.4 Å². The first-order valence-corrected chi connectivity index (χ1v) is 4.23. The summed E-state index contributed by atoms with van der Waals surface area (Å²) in [6.45, 7) is 1.87. The maximum absolute atomic E-state index is 10.6. The Balaban J connectivity index is 2.49. The zero-order valence-corrected chi connectivity index (χ0v) is 7.36. The smallest absolute Gasteiger partial charge is 0.149 e. The first-order chi connectivity index (χ1) is 6.31. The molecule has 0 spiro atoms. The van der Waals surface area contributed by atoms with Gasteiger partial charge in [0.1, 0.15) is 18.1 Å². The molecule has 0 aromatic heterocycles. The van der Waals surface area contributed by atoms with Crippen molar-refractivity contribution in [2.75, 3.05) is 0 Å². The molecule has 0 N–H and O–H groups in total. The van der Waals surface area contributed by atoms with Gasteiger partial charge in [-0.05, 0) is 19.1 Å². The standard InChI is InChI=1S/C11H10O2/c1-8-10(7-12)6-9-4-2-3-5-11(9)13-8/h2-8H,1H3/t8-/m1/s1. The van der Waals surface area contributed by atoms with E-state index in [1.807, 2.05) is 37.3 Å². The summed E-state index contributed by atoms with van der Waals surface area (Å²) in [5.74, 6) is 0.848. The van der Waals surface area contributed by atoms with Crippen LogP contribution in [0.3, 0.4) is 0 Å². The molecule has 0 radical (unpaired) electrons. The number of carbonyl (C=O) groups excluding carboxylic acids is 1. The van der Waals surface area contributed by atoms with Crippen LogP contribution >= 0.6 is 0 Å². The highest BCUT2D eigenvalue weighted by molar-refractivity contribution is 5.85. The summed E-state index contributed by atoms with van der Waals surface area (Å²) in [4.78, 5) is 10.6. The third-order valence-corrected chi connectivity index (χ3v) is 2.15. The zero-order chi connectivity index (χ0) is 9.26. The molecule has 2 rings (SSSR count). The lowest BCUT2D eigenvalue weighted by molar-refractivity contribution is -0.105. The summed E-state index contributed by atoms with van der Waals surface area (Å²) in [5.41, 5.74) is 1.67. The van der Waals surface area contributed by atoms with E-state index in [2.05, 4.69) is 0 Å². The summed E-state index contributed by atoms with van der Waals surface area (Å²) in [7, 11) is 0. The van der Waals surface area contributed by atoms with Gasteiger partial charge in [0, 0.05) is 11.1 Å². The van der Waals surface area contributed by atoms with Crippen molar-refractivity contribution >= 4 is 12.4 Å². The van der Waals surface area contributed by atoms with Crippen molar-refractivity contribution in [1.29, 1.82) is 0 Å². The molecule has 0 saturated carbocycles. The van der Waals surface area contributed by atoms with Crippen LogP contribution in [0.5, 0.6) is 5.75 Å². The Morgan fingerprint density at radius 3 is 2.92 bits per heavy atom. The van der Waals surface area contributed by atoms with Gasteiger partial charge < -0.3 is 4.74 Å². The van der Waals surface area contributed by atoms with Crippen LogP contribution in [0.25, 0.3) is 6.08 Å². The number of hydrogen-bond acceptors (Lipinski definition) is 2. The van der Waals surface area contributed by atoms with Crippen molar-refractivity contribution in [2.45, 2.75) is 13.0 Å². The number of aldehydes is 1. The average molecular weight is 174 g/mol. The first-order valence-electron chi connectivity index (χ1n) is 4.23. The van der Waals surface area contributed by atoms with E-state index in [0.29, 0.717) is 5.57 Å². The van der Waals surface area contributed by atoms with Crippen LogP contribution < -0.4 is 4.74 Å². The normalized spacial score (nSPS) is 19.8. The fourth-order valence-electron chi connectivity index (χ4n) is 1.39. The number of hydrogen-bond donors (Lipinski definition) is 0.